The van der Waals surface area contributed by atoms with E-state index in [1.54, 1.807) is 0 Å². The fourth-order valence-corrected chi connectivity index (χ4v) is 6.80. The molecular formula is C38H46N4. The SMILES string of the molecule is C=CC=C1N(c2c(C)c(C)c(C)c(C)c2C)c2nc3c(C)c(C)c(C)c(C)c3nc2N1c1c(C)c(C)c(C)c(C)c1C. The molecule has 0 atom stereocenters. The first-order chi connectivity index (χ1) is 19.7. The lowest BCUT2D eigenvalue weighted by atomic mass is 9.92. The molecule has 0 bridgehead atoms. The quantitative estimate of drug-likeness (QED) is 0.250. The lowest BCUT2D eigenvalue weighted by Crippen LogP contribution is -2.25. The van der Waals surface area contributed by atoms with E-state index < -0.39 is 0 Å². The van der Waals surface area contributed by atoms with Crippen molar-refractivity contribution in [2.45, 2.75) is 96.9 Å². The number of anilines is 4. The molecule has 42 heavy (non-hydrogen) atoms. The van der Waals surface area contributed by atoms with Gasteiger partial charge in [0.25, 0.3) is 0 Å². The summed E-state index contributed by atoms with van der Waals surface area (Å²) >= 11 is 0. The number of nitrogens with zero attached hydrogens (tertiary/aromatic N) is 4. The van der Waals surface area contributed by atoms with Gasteiger partial charge in [0.05, 0.1) is 22.4 Å². The van der Waals surface area contributed by atoms with Crippen LogP contribution in [0.5, 0.6) is 0 Å². The van der Waals surface area contributed by atoms with Crippen LogP contribution < -0.4 is 9.80 Å². The molecule has 0 radical (unpaired) electrons. The zero-order valence-corrected chi connectivity index (χ0v) is 28.2. The number of hydrogen-bond donors (Lipinski definition) is 0. The monoisotopic (exact) mass is 558 g/mol. The molecule has 0 saturated heterocycles. The molecule has 4 heteroatoms. The Morgan fingerprint density at radius 1 is 0.405 bits per heavy atom. The van der Waals surface area contributed by atoms with Crippen molar-refractivity contribution in [2.24, 2.45) is 0 Å². The van der Waals surface area contributed by atoms with Gasteiger partial charge >= 0.3 is 0 Å². The standard InChI is InChI=1S/C38H46N4/c1-16-17-32-41(35-28(12)22(6)18(2)23(7)29(35)13)37-38(40-34-27(11)21(5)20(4)26(10)33(34)39-37)42(32)36-30(14)24(8)19(3)25(9)31(36)15/h16-17H,1H2,2-15H3. The van der Waals surface area contributed by atoms with Crippen LogP contribution in [0.15, 0.2) is 24.6 Å². The predicted molar refractivity (Wildman–Crippen MR) is 181 cm³/mol. The molecule has 1 aliphatic heterocycles. The summed E-state index contributed by atoms with van der Waals surface area (Å²) in [4.78, 5) is 15.7. The fraction of sp³-hybridized carbons (Fsp3) is 0.368. The van der Waals surface area contributed by atoms with Gasteiger partial charge in [0.1, 0.15) is 5.82 Å². The highest BCUT2D eigenvalue weighted by Crippen LogP contribution is 2.53. The van der Waals surface area contributed by atoms with Gasteiger partial charge in [0.15, 0.2) is 11.6 Å². The number of benzene rings is 3. The number of aromatic nitrogens is 2. The molecule has 5 rings (SSSR count). The summed E-state index contributed by atoms with van der Waals surface area (Å²) in [7, 11) is 0. The Morgan fingerprint density at radius 2 is 0.667 bits per heavy atom. The van der Waals surface area contributed by atoms with Gasteiger partial charge in [0.2, 0.25) is 0 Å². The smallest absolute Gasteiger partial charge is 0.183 e. The Balaban J connectivity index is 2.03. The summed E-state index contributed by atoms with van der Waals surface area (Å²) in [6.45, 7) is 35.3. The van der Waals surface area contributed by atoms with Crippen molar-refractivity contribution in [2.75, 3.05) is 9.80 Å². The largest absolute Gasteiger partial charge is 0.276 e. The summed E-state index contributed by atoms with van der Waals surface area (Å²) in [5.41, 5.74) is 22.2. The van der Waals surface area contributed by atoms with Crippen LogP contribution in [0.4, 0.5) is 23.0 Å². The minimum absolute atomic E-state index is 0.866. The maximum Gasteiger partial charge on any atom is 0.183 e. The summed E-state index contributed by atoms with van der Waals surface area (Å²) in [5.74, 6) is 2.73. The molecule has 0 amide bonds. The zero-order valence-electron chi connectivity index (χ0n) is 28.2. The lowest BCUT2D eigenvalue weighted by molar-refractivity contribution is 1.05. The number of fused-ring (bicyclic) bond motifs is 2. The third-order valence-electron chi connectivity index (χ3n) is 10.8. The minimum Gasteiger partial charge on any atom is -0.276 e. The van der Waals surface area contributed by atoms with Gasteiger partial charge in [-0.2, -0.15) is 0 Å². The van der Waals surface area contributed by atoms with Crippen molar-refractivity contribution >= 4 is 34.0 Å². The maximum absolute atomic E-state index is 5.52. The Hall–Kier alpha value is -3.92. The van der Waals surface area contributed by atoms with Gasteiger partial charge in [-0.05, 0) is 181 Å². The molecule has 0 aliphatic carbocycles. The van der Waals surface area contributed by atoms with Crippen LogP contribution in [-0.4, -0.2) is 9.97 Å². The lowest BCUT2D eigenvalue weighted by Gasteiger charge is -2.31. The van der Waals surface area contributed by atoms with Crippen LogP contribution in [0.25, 0.3) is 11.0 Å². The highest BCUT2D eigenvalue weighted by Gasteiger charge is 2.40. The number of aryl methyl sites for hydroxylation is 2. The van der Waals surface area contributed by atoms with E-state index in [1.165, 1.54) is 89.3 Å². The van der Waals surface area contributed by atoms with Crippen molar-refractivity contribution in [3.05, 3.63) is 102 Å². The van der Waals surface area contributed by atoms with Crippen molar-refractivity contribution in [1.29, 1.82) is 0 Å². The molecule has 0 unspecified atom stereocenters. The molecule has 3 aromatic carbocycles. The van der Waals surface area contributed by atoms with Crippen molar-refractivity contribution in [3.63, 3.8) is 0 Å². The van der Waals surface area contributed by atoms with Crippen LogP contribution in [0.2, 0.25) is 0 Å². The number of hydrogen-bond acceptors (Lipinski definition) is 4. The van der Waals surface area contributed by atoms with Crippen LogP contribution >= 0.6 is 0 Å². The zero-order chi connectivity index (χ0) is 31.1. The first-order valence-electron chi connectivity index (χ1n) is 15.0. The van der Waals surface area contributed by atoms with E-state index >= 15 is 0 Å². The Kier molecular flexibility index (Phi) is 7.12. The van der Waals surface area contributed by atoms with Crippen molar-refractivity contribution < 1.29 is 0 Å². The third kappa shape index (κ3) is 3.87. The van der Waals surface area contributed by atoms with Gasteiger partial charge < -0.3 is 0 Å². The average Bonchev–Trinajstić information content (AvgIpc) is 3.26. The van der Waals surface area contributed by atoms with Gasteiger partial charge in [-0.3, -0.25) is 9.80 Å². The van der Waals surface area contributed by atoms with E-state index in [2.05, 4.69) is 119 Å². The van der Waals surface area contributed by atoms with Gasteiger partial charge in [-0.1, -0.05) is 12.7 Å². The van der Waals surface area contributed by atoms with Crippen LogP contribution in [0.3, 0.4) is 0 Å². The Bertz CT molecular complexity index is 1700. The molecule has 0 fully saturated rings. The van der Waals surface area contributed by atoms with E-state index in [0.717, 1.165) is 28.5 Å². The number of allylic oxidation sites excluding steroid dienone is 2. The summed E-state index contributed by atoms with van der Waals surface area (Å²) in [5, 5.41) is 0. The molecule has 0 spiro atoms. The molecule has 4 nitrogen and oxygen atoms in total. The van der Waals surface area contributed by atoms with Gasteiger partial charge in [0, 0.05) is 0 Å². The minimum atomic E-state index is 0.866. The van der Waals surface area contributed by atoms with E-state index in [1.807, 2.05) is 6.08 Å². The number of rotatable bonds is 3. The van der Waals surface area contributed by atoms with Crippen molar-refractivity contribution in [1.82, 2.24) is 9.97 Å². The summed E-state index contributed by atoms with van der Waals surface area (Å²) < 4.78 is 0. The first kappa shape index (κ1) is 29.6. The maximum atomic E-state index is 5.52. The van der Waals surface area contributed by atoms with Crippen LogP contribution in [-0.2, 0) is 0 Å². The molecule has 4 aromatic rings. The molecule has 0 saturated carbocycles. The molecule has 0 N–H and O–H groups in total. The Labute approximate surface area is 252 Å². The van der Waals surface area contributed by atoms with E-state index in [-0.39, 0.29) is 0 Å². The second-order valence-electron chi connectivity index (χ2n) is 12.4. The highest BCUT2D eigenvalue weighted by atomic mass is 15.5. The van der Waals surface area contributed by atoms with Crippen molar-refractivity contribution in [3.8, 4) is 0 Å². The normalized spacial score (nSPS) is 13.0. The second-order valence-corrected chi connectivity index (χ2v) is 12.4. The molecule has 2 heterocycles. The fourth-order valence-electron chi connectivity index (χ4n) is 6.80. The third-order valence-corrected chi connectivity index (χ3v) is 10.8. The molecular weight excluding hydrogens is 512 g/mol. The topological polar surface area (TPSA) is 32.3 Å². The summed E-state index contributed by atoms with van der Waals surface area (Å²) in [6, 6.07) is 0. The van der Waals surface area contributed by atoms with Crippen LogP contribution in [0.1, 0.15) is 77.9 Å². The van der Waals surface area contributed by atoms with E-state index in [0.29, 0.717) is 0 Å². The van der Waals surface area contributed by atoms with E-state index in [9.17, 15) is 0 Å². The second kappa shape index (κ2) is 10.1. The molecule has 1 aromatic heterocycles. The van der Waals surface area contributed by atoms with Crippen LogP contribution in [0, 0.1) is 96.9 Å². The molecule has 1 aliphatic rings. The molecule has 218 valence electrons. The first-order valence-corrected chi connectivity index (χ1v) is 15.0. The predicted octanol–water partition coefficient (Wildman–Crippen LogP) is 10.3. The van der Waals surface area contributed by atoms with Gasteiger partial charge in [-0.15, -0.1) is 0 Å². The van der Waals surface area contributed by atoms with Gasteiger partial charge in [-0.25, -0.2) is 9.97 Å². The summed E-state index contributed by atoms with van der Waals surface area (Å²) in [6.07, 6.45) is 4.01. The highest BCUT2D eigenvalue weighted by molar-refractivity contribution is 5.98. The Morgan fingerprint density at radius 3 is 0.952 bits per heavy atom. The average molecular weight is 559 g/mol. The van der Waals surface area contributed by atoms with E-state index in [4.69, 9.17) is 9.97 Å².